The van der Waals surface area contributed by atoms with E-state index in [4.69, 9.17) is 19.3 Å². The second kappa shape index (κ2) is 32.5. The van der Waals surface area contributed by atoms with Crippen LogP contribution in [0.5, 0.6) is 0 Å². The lowest BCUT2D eigenvalue weighted by Gasteiger charge is -2.19. The molecule has 0 bridgehead atoms. The van der Waals surface area contributed by atoms with E-state index >= 15 is 0 Å². The molecule has 0 saturated heterocycles. The van der Waals surface area contributed by atoms with Gasteiger partial charge in [0.2, 0.25) is 0 Å². The lowest BCUT2D eigenvalue weighted by atomic mass is 9.88. The average Bonchev–Trinajstić information content (AvgIpc) is 3.40. The molecule has 4 N–H and O–H groups in total. The number of carbonyl (C=O) groups is 3. The second-order valence-electron chi connectivity index (χ2n) is 15.5. The summed E-state index contributed by atoms with van der Waals surface area (Å²) in [6.07, 6.45) is 28.4. The van der Waals surface area contributed by atoms with Gasteiger partial charge in [-0.05, 0) is 31.6 Å². The third kappa shape index (κ3) is 27.9. The van der Waals surface area contributed by atoms with Crippen molar-refractivity contribution in [2.45, 2.75) is 212 Å². The van der Waals surface area contributed by atoms with Crippen LogP contribution in [0.3, 0.4) is 0 Å². The van der Waals surface area contributed by atoms with E-state index in [0.717, 1.165) is 51.4 Å². The molecule has 1 rings (SSSR count). The van der Waals surface area contributed by atoms with Crippen molar-refractivity contribution in [3.05, 3.63) is 12.2 Å². The quantitative estimate of drug-likeness (QED) is 0.0206. The highest BCUT2D eigenvalue weighted by molar-refractivity contribution is 7.46. The maximum absolute atomic E-state index is 12.5. The van der Waals surface area contributed by atoms with Gasteiger partial charge in [0, 0.05) is 25.2 Å². The van der Waals surface area contributed by atoms with Crippen molar-refractivity contribution in [2.75, 3.05) is 13.2 Å². The van der Waals surface area contributed by atoms with Crippen molar-refractivity contribution in [1.29, 1.82) is 0 Å². The Balaban J connectivity index is 2.24. The lowest BCUT2D eigenvalue weighted by Crippen LogP contribution is -2.29. The van der Waals surface area contributed by atoms with E-state index in [2.05, 4.69) is 18.4 Å². The van der Waals surface area contributed by atoms with E-state index in [9.17, 15) is 29.2 Å². The summed E-state index contributed by atoms with van der Waals surface area (Å²) < 4.78 is 26.4. The Morgan fingerprint density at radius 2 is 1.20 bits per heavy atom. The molecule has 0 aromatic carbocycles. The molecule has 0 radical (unpaired) electrons. The number of Topliss-reactive ketones (excluding diaryl/α,β-unsaturated/α-hetero) is 1. The first-order chi connectivity index (χ1) is 26.0. The number of ether oxygens (including phenoxy) is 2. The molecule has 0 amide bonds. The fourth-order valence-electron chi connectivity index (χ4n) is 7.16. The molecule has 316 valence electrons. The maximum atomic E-state index is 12.5. The predicted octanol–water partition coefficient (Wildman–Crippen LogP) is 9.61. The van der Waals surface area contributed by atoms with Gasteiger partial charge in [0.25, 0.3) is 0 Å². The summed E-state index contributed by atoms with van der Waals surface area (Å²) in [6.45, 7) is 3.40. The molecule has 0 heterocycles. The Bertz CT molecular complexity index is 1050. The smallest absolute Gasteiger partial charge is 0.462 e. The van der Waals surface area contributed by atoms with Crippen molar-refractivity contribution in [3.63, 3.8) is 0 Å². The summed E-state index contributed by atoms with van der Waals surface area (Å²) in [5.41, 5.74) is 0. The Hall–Kier alpha value is -1.62. The zero-order valence-electron chi connectivity index (χ0n) is 33.8. The van der Waals surface area contributed by atoms with E-state index in [0.29, 0.717) is 32.1 Å². The van der Waals surface area contributed by atoms with Gasteiger partial charge >= 0.3 is 19.8 Å². The summed E-state index contributed by atoms with van der Waals surface area (Å²) in [7, 11) is -4.82. The molecule has 0 aromatic heterocycles. The monoisotopic (exact) mass is 789 g/mol. The number of aliphatic hydroxyl groups is 2. The van der Waals surface area contributed by atoms with Crippen LogP contribution in [0.25, 0.3) is 0 Å². The number of hydrogen-bond donors (Lipinski definition) is 4. The summed E-state index contributed by atoms with van der Waals surface area (Å²) in [5, 5.41) is 20.7. The molecule has 5 atom stereocenters. The van der Waals surface area contributed by atoms with E-state index in [1.54, 1.807) is 12.2 Å². The maximum Gasteiger partial charge on any atom is 0.469 e. The van der Waals surface area contributed by atoms with Crippen LogP contribution in [0.1, 0.15) is 194 Å². The molecular weight excluding hydrogens is 711 g/mol. The number of carbonyl (C=O) groups excluding carboxylic acids is 3. The predicted molar refractivity (Wildman–Crippen MR) is 213 cm³/mol. The zero-order valence-corrected chi connectivity index (χ0v) is 34.7. The normalized spacial score (nSPS) is 18.7. The summed E-state index contributed by atoms with van der Waals surface area (Å²) in [5.74, 6) is -1.63. The summed E-state index contributed by atoms with van der Waals surface area (Å²) in [4.78, 5) is 55.6. The topological polar surface area (TPSA) is 177 Å². The van der Waals surface area contributed by atoms with Gasteiger partial charge in [0.1, 0.15) is 12.4 Å². The molecule has 0 spiro atoms. The van der Waals surface area contributed by atoms with Crippen molar-refractivity contribution in [3.8, 4) is 0 Å². The fraction of sp³-hybridized carbons (Fsp3) is 0.881. The molecule has 11 nitrogen and oxygen atoms in total. The van der Waals surface area contributed by atoms with Crippen LogP contribution in [0.15, 0.2) is 12.2 Å². The first kappa shape index (κ1) is 50.4. The van der Waals surface area contributed by atoms with Gasteiger partial charge in [-0.2, -0.15) is 0 Å². The number of phosphoric ester groups is 1. The Kier molecular flexibility index (Phi) is 30.3. The highest BCUT2D eigenvalue weighted by Crippen LogP contribution is 2.36. The molecule has 54 heavy (non-hydrogen) atoms. The van der Waals surface area contributed by atoms with Crippen LogP contribution in [-0.2, 0) is 32.9 Å². The lowest BCUT2D eigenvalue weighted by molar-refractivity contribution is -0.161. The average molecular weight is 789 g/mol. The third-order valence-corrected chi connectivity index (χ3v) is 10.9. The Morgan fingerprint density at radius 1 is 0.722 bits per heavy atom. The van der Waals surface area contributed by atoms with Crippen LogP contribution in [0, 0.1) is 11.8 Å². The first-order valence-electron chi connectivity index (χ1n) is 21.6. The minimum absolute atomic E-state index is 0.00423. The SMILES string of the molecule is CCCCCCCCCCCCCCCCCCC(=O)OC[C@H](COP(=O)(O)O)OC(=O)CCCCCC[C@H]1[C@@H](O)CC(=O)[C@@H]1/C=C/[C@@H](O)CCCCC. The number of esters is 2. The zero-order chi connectivity index (χ0) is 39.9. The van der Waals surface area contributed by atoms with Crippen LogP contribution >= 0.6 is 7.82 Å². The molecular formula is C42H77O11P. The van der Waals surface area contributed by atoms with E-state index in [1.165, 1.54) is 77.0 Å². The van der Waals surface area contributed by atoms with Crippen molar-refractivity contribution < 1.29 is 52.9 Å². The van der Waals surface area contributed by atoms with Crippen LogP contribution in [0.4, 0.5) is 0 Å². The molecule has 1 aliphatic rings. The fourth-order valence-corrected chi connectivity index (χ4v) is 7.52. The first-order valence-corrected chi connectivity index (χ1v) is 23.1. The third-order valence-electron chi connectivity index (χ3n) is 10.4. The Labute approximate surface area is 327 Å². The van der Waals surface area contributed by atoms with Gasteiger partial charge in [-0.25, -0.2) is 4.57 Å². The number of aliphatic hydroxyl groups excluding tert-OH is 2. The van der Waals surface area contributed by atoms with Gasteiger partial charge < -0.3 is 29.5 Å². The van der Waals surface area contributed by atoms with Crippen LogP contribution in [0.2, 0.25) is 0 Å². The van der Waals surface area contributed by atoms with Gasteiger partial charge in [0.05, 0.1) is 18.8 Å². The molecule has 0 aliphatic heterocycles. The highest BCUT2D eigenvalue weighted by atomic mass is 31.2. The van der Waals surface area contributed by atoms with Crippen molar-refractivity contribution in [2.24, 2.45) is 11.8 Å². The number of rotatable bonds is 36. The summed E-state index contributed by atoms with van der Waals surface area (Å²) >= 11 is 0. The second-order valence-corrected chi connectivity index (χ2v) is 16.7. The van der Waals surface area contributed by atoms with E-state index in [1.807, 2.05) is 0 Å². The molecule has 1 aliphatic carbocycles. The molecule has 12 heteroatoms. The van der Waals surface area contributed by atoms with Gasteiger partial charge in [-0.1, -0.05) is 161 Å². The number of ketones is 1. The van der Waals surface area contributed by atoms with Crippen LogP contribution in [-0.4, -0.2) is 69.2 Å². The Morgan fingerprint density at radius 3 is 1.74 bits per heavy atom. The minimum Gasteiger partial charge on any atom is -0.462 e. The van der Waals surface area contributed by atoms with Gasteiger partial charge in [-0.3, -0.25) is 18.9 Å². The van der Waals surface area contributed by atoms with Crippen molar-refractivity contribution in [1.82, 2.24) is 0 Å². The number of allylic oxidation sites excluding steroid dienone is 1. The standard InChI is InChI=1S/C42H77O11P/c1-3-5-7-8-9-10-11-12-13-14-15-16-17-18-19-24-28-41(46)51-33-36(34-52-54(48,49)50)53-42(47)29-25-21-20-23-27-37-38(40(45)32-39(37)44)31-30-35(43)26-22-6-4-2/h30-31,35-39,43-44H,3-29,32-34H2,1-2H3,(H2,48,49,50)/b31-30+/t35-,36+,37+,38+,39-/m0/s1. The molecule has 0 aromatic rings. The molecule has 1 fully saturated rings. The largest absolute Gasteiger partial charge is 0.469 e. The number of hydrogen-bond acceptors (Lipinski definition) is 9. The van der Waals surface area contributed by atoms with Crippen LogP contribution < -0.4 is 0 Å². The van der Waals surface area contributed by atoms with Gasteiger partial charge in [-0.15, -0.1) is 0 Å². The summed E-state index contributed by atoms with van der Waals surface area (Å²) in [6, 6.07) is 0. The van der Waals surface area contributed by atoms with Crippen molar-refractivity contribution >= 4 is 25.5 Å². The molecule has 1 saturated carbocycles. The minimum atomic E-state index is -4.82. The number of phosphoric acid groups is 1. The van der Waals surface area contributed by atoms with Gasteiger partial charge in [0.15, 0.2) is 6.10 Å². The van der Waals surface area contributed by atoms with E-state index < -0.39 is 50.6 Å². The molecule has 0 unspecified atom stereocenters. The highest BCUT2D eigenvalue weighted by Gasteiger charge is 2.39. The number of unbranched alkanes of at least 4 members (excludes halogenated alkanes) is 20. The van der Waals surface area contributed by atoms with E-state index in [-0.39, 0.29) is 37.6 Å².